The van der Waals surface area contributed by atoms with Crippen LogP contribution in [0.3, 0.4) is 0 Å². The molecule has 33 heavy (non-hydrogen) atoms. The molecule has 9 heteroatoms. The molecule has 0 N–H and O–H groups in total. The maximum Gasteiger partial charge on any atom is 0.416 e. The third-order valence-electron chi connectivity index (χ3n) is 5.38. The summed E-state index contributed by atoms with van der Waals surface area (Å²) in [6.07, 6.45) is 0. The van der Waals surface area contributed by atoms with Gasteiger partial charge in [-0.1, -0.05) is 0 Å². The fourth-order valence-corrected chi connectivity index (χ4v) is 8.15. The highest BCUT2D eigenvalue weighted by molar-refractivity contribution is 7.91. The van der Waals surface area contributed by atoms with Gasteiger partial charge in [0, 0.05) is 59.3 Å². The molecule has 0 aliphatic carbocycles. The van der Waals surface area contributed by atoms with Gasteiger partial charge in [0.25, 0.3) is 0 Å². The van der Waals surface area contributed by atoms with Crippen molar-refractivity contribution in [2.45, 2.75) is 0 Å². The van der Waals surface area contributed by atoms with Gasteiger partial charge in [0.05, 0.1) is 0 Å². The summed E-state index contributed by atoms with van der Waals surface area (Å²) in [6.45, 7) is 0. The van der Waals surface area contributed by atoms with Crippen LogP contribution >= 0.6 is 7.49 Å². The minimum atomic E-state index is -4.72. The highest BCUT2D eigenvalue weighted by Crippen LogP contribution is 2.58. The molecule has 0 saturated heterocycles. The van der Waals surface area contributed by atoms with Gasteiger partial charge in [-0.3, -0.25) is 0 Å². The van der Waals surface area contributed by atoms with Crippen LogP contribution in [-0.2, 0) is 4.08 Å². The molecule has 0 heterocycles. The molecular formula is C24H30ClN3O4P+. The summed E-state index contributed by atoms with van der Waals surface area (Å²) in [6, 6.07) is 22.4. The van der Waals surface area contributed by atoms with E-state index in [4.69, 9.17) is 4.08 Å². The molecule has 3 rings (SSSR count). The van der Waals surface area contributed by atoms with Crippen molar-refractivity contribution in [3.8, 4) is 0 Å². The van der Waals surface area contributed by atoms with Crippen molar-refractivity contribution >= 4 is 40.5 Å². The Morgan fingerprint density at radius 3 is 0.939 bits per heavy atom. The number of nitrogens with zero attached hydrogens (tertiary/aromatic N) is 3. The van der Waals surface area contributed by atoms with Gasteiger partial charge in [0.2, 0.25) is 4.08 Å². The van der Waals surface area contributed by atoms with Crippen LogP contribution in [0.2, 0.25) is 0 Å². The molecule has 0 aliphatic rings. The lowest BCUT2D eigenvalue weighted by Gasteiger charge is -2.24. The maximum absolute atomic E-state index is 12.1. The van der Waals surface area contributed by atoms with Gasteiger partial charge in [0.1, 0.15) is 10.2 Å². The highest BCUT2D eigenvalue weighted by Gasteiger charge is 2.62. The molecule has 0 atom stereocenters. The third kappa shape index (κ3) is 5.58. The van der Waals surface area contributed by atoms with Gasteiger partial charge in [-0.2, -0.15) is 14.0 Å². The summed E-state index contributed by atoms with van der Waals surface area (Å²) in [5, 5.41) is 1.90. The highest BCUT2D eigenvalue weighted by atomic mass is 35.7. The maximum atomic E-state index is 12.1. The van der Waals surface area contributed by atoms with Crippen molar-refractivity contribution in [1.82, 2.24) is 0 Å². The number of benzene rings is 3. The Kier molecular flexibility index (Phi) is 7.54. The standard InChI is InChI=1S/C24H30ClN3O4P/c1-26(2)19-7-13-22(14-8-19)33(32-25(29,30)31,23-15-9-20(10-16-23)27(3)4)24-17-11-21(12-18-24)28(5)6/h7-18H,1-6H3/q+1. The second-order valence-corrected chi connectivity index (χ2v) is 12.4. The Morgan fingerprint density at radius 2 is 0.758 bits per heavy atom. The minimum absolute atomic E-state index is 0.634. The Morgan fingerprint density at radius 1 is 0.515 bits per heavy atom. The molecule has 0 amide bonds. The third-order valence-corrected chi connectivity index (χ3v) is 9.96. The van der Waals surface area contributed by atoms with Gasteiger partial charge in [0.15, 0.2) is 15.9 Å². The lowest BCUT2D eigenvalue weighted by Crippen LogP contribution is -2.62. The number of hydrogen-bond donors (Lipinski definition) is 0. The van der Waals surface area contributed by atoms with E-state index in [1.165, 1.54) is 0 Å². The molecule has 0 radical (unpaired) electrons. The summed E-state index contributed by atoms with van der Waals surface area (Å²) >= 11 is 0. The summed E-state index contributed by atoms with van der Waals surface area (Å²) in [4.78, 5) is 5.85. The van der Waals surface area contributed by atoms with E-state index in [9.17, 15) is 14.0 Å². The zero-order valence-electron chi connectivity index (χ0n) is 19.7. The van der Waals surface area contributed by atoms with E-state index in [1.54, 1.807) is 0 Å². The van der Waals surface area contributed by atoms with Crippen LogP contribution in [0, 0.1) is 10.2 Å². The van der Waals surface area contributed by atoms with Gasteiger partial charge in [-0.15, -0.1) is 0 Å². The van der Waals surface area contributed by atoms with Crippen molar-refractivity contribution in [1.29, 1.82) is 0 Å². The predicted molar refractivity (Wildman–Crippen MR) is 129 cm³/mol. The van der Waals surface area contributed by atoms with Crippen LogP contribution in [0.1, 0.15) is 0 Å². The summed E-state index contributed by atoms with van der Waals surface area (Å²) in [7, 11) is 3.54. The molecule has 3 aromatic rings. The fourth-order valence-electron chi connectivity index (χ4n) is 3.58. The fraction of sp³-hybridized carbons (Fsp3) is 0.250. The average Bonchev–Trinajstić information content (AvgIpc) is 2.77. The first-order valence-electron chi connectivity index (χ1n) is 10.3. The molecule has 0 aromatic heterocycles. The molecule has 176 valence electrons. The van der Waals surface area contributed by atoms with Gasteiger partial charge in [-0.25, -0.2) is 0 Å². The van der Waals surface area contributed by atoms with E-state index in [2.05, 4.69) is 0 Å². The Balaban J connectivity index is 2.30. The van der Waals surface area contributed by atoms with Crippen molar-refractivity contribution in [2.24, 2.45) is 0 Å². The second kappa shape index (κ2) is 9.85. The quantitative estimate of drug-likeness (QED) is 0.411. The first-order valence-corrected chi connectivity index (χ1v) is 13.2. The molecule has 0 aliphatic heterocycles. The van der Waals surface area contributed by atoms with Crippen LogP contribution in [0.25, 0.3) is 0 Å². The van der Waals surface area contributed by atoms with Crippen molar-refractivity contribution in [3.05, 3.63) is 72.8 Å². The van der Waals surface area contributed by atoms with Crippen LogP contribution in [-0.4, -0.2) is 42.3 Å². The first kappa shape index (κ1) is 25.2. The van der Waals surface area contributed by atoms with Crippen LogP contribution in [0.4, 0.5) is 17.1 Å². The van der Waals surface area contributed by atoms with E-state index in [0.29, 0.717) is 15.9 Å². The average molecular weight is 491 g/mol. The van der Waals surface area contributed by atoms with Gasteiger partial charge >= 0.3 is 7.49 Å². The molecule has 3 aromatic carbocycles. The van der Waals surface area contributed by atoms with Crippen molar-refractivity contribution in [3.63, 3.8) is 0 Å². The lowest BCUT2D eigenvalue weighted by atomic mass is 10.3. The molecular weight excluding hydrogens is 461 g/mol. The zero-order chi connectivity index (χ0) is 24.4. The first-order chi connectivity index (χ1) is 15.4. The van der Waals surface area contributed by atoms with E-state index in [0.717, 1.165) is 17.1 Å². The second-order valence-electron chi connectivity index (χ2n) is 8.29. The van der Waals surface area contributed by atoms with Crippen LogP contribution in [0.15, 0.2) is 72.8 Å². The van der Waals surface area contributed by atoms with E-state index in [1.807, 2.05) is 130 Å². The Labute approximate surface area is 198 Å². The molecule has 0 bridgehead atoms. The number of rotatable bonds is 8. The summed E-state index contributed by atoms with van der Waals surface area (Å²) in [5.74, 6) is 0. The van der Waals surface area contributed by atoms with Gasteiger partial charge in [-0.05, 0) is 72.8 Å². The van der Waals surface area contributed by atoms with E-state index >= 15 is 0 Å². The molecule has 0 saturated carbocycles. The SMILES string of the molecule is CN(C)c1ccc([P+](O[Cl+3]([O-])([O-])[O-])(c2ccc(N(C)C)cc2)c2ccc(N(C)C)cc2)cc1. The lowest BCUT2D eigenvalue weighted by molar-refractivity contribution is -1.91. The van der Waals surface area contributed by atoms with Gasteiger partial charge < -0.3 is 14.7 Å². The van der Waals surface area contributed by atoms with Crippen molar-refractivity contribution in [2.75, 3.05) is 57.0 Å². The van der Waals surface area contributed by atoms with Crippen LogP contribution in [0.5, 0.6) is 0 Å². The number of anilines is 3. The largest absolute Gasteiger partial charge is 0.416 e. The molecule has 0 unspecified atom stereocenters. The zero-order valence-corrected chi connectivity index (χ0v) is 21.4. The predicted octanol–water partition coefficient (Wildman–Crippen LogP) is 0.00740. The topological polar surface area (TPSA) is 88.1 Å². The summed E-state index contributed by atoms with van der Waals surface area (Å²) in [5.41, 5.74) is 2.85. The smallest absolute Gasteiger partial charge is 0.378 e. The monoisotopic (exact) mass is 490 g/mol. The van der Waals surface area contributed by atoms with Crippen molar-refractivity contribution < 1.29 is 28.3 Å². The van der Waals surface area contributed by atoms with E-state index in [-0.39, 0.29) is 0 Å². The molecule has 7 nitrogen and oxygen atoms in total. The normalized spacial score (nSPS) is 11.9. The summed E-state index contributed by atoms with van der Waals surface area (Å²) < 4.78 is 41.8. The number of halogens is 1. The number of hydrogen-bond acceptors (Lipinski definition) is 7. The Bertz CT molecular complexity index is 926. The van der Waals surface area contributed by atoms with Crippen LogP contribution < -0.4 is 44.6 Å². The Hall–Kier alpha value is -2.38. The van der Waals surface area contributed by atoms with E-state index < -0.39 is 17.7 Å². The molecule has 0 fully saturated rings. The minimum Gasteiger partial charge on any atom is -0.378 e. The molecule has 0 spiro atoms.